The van der Waals surface area contributed by atoms with Crippen LogP contribution in [-0.2, 0) is 22.6 Å². The lowest BCUT2D eigenvalue weighted by atomic mass is 10.2. The van der Waals surface area contributed by atoms with Crippen LogP contribution in [0, 0.1) is 5.82 Å². The van der Waals surface area contributed by atoms with Gasteiger partial charge >= 0.3 is 0 Å². The van der Waals surface area contributed by atoms with E-state index < -0.39 is 0 Å². The summed E-state index contributed by atoms with van der Waals surface area (Å²) in [5.41, 5.74) is 2.74. The highest BCUT2D eigenvalue weighted by atomic mass is 19.1. The predicted octanol–water partition coefficient (Wildman–Crippen LogP) is 2.74. The summed E-state index contributed by atoms with van der Waals surface area (Å²) in [7, 11) is 0. The number of rotatable bonds is 9. The first-order chi connectivity index (χ1) is 15.6. The lowest BCUT2D eigenvalue weighted by molar-refractivity contribution is -0.116. The van der Waals surface area contributed by atoms with E-state index in [0.29, 0.717) is 25.5 Å². The fourth-order valence-corrected chi connectivity index (χ4v) is 3.36. The molecule has 0 atom stereocenters. The number of guanidine groups is 1. The summed E-state index contributed by atoms with van der Waals surface area (Å²) in [6.45, 7) is 7.72. The Labute approximate surface area is 189 Å². The van der Waals surface area contributed by atoms with Crippen LogP contribution in [0.1, 0.15) is 24.5 Å². The number of amides is 1. The van der Waals surface area contributed by atoms with Crippen LogP contribution in [0.4, 0.5) is 10.1 Å². The van der Waals surface area contributed by atoms with E-state index in [4.69, 9.17) is 4.74 Å². The monoisotopic (exact) mass is 441 g/mol. The third-order valence-corrected chi connectivity index (χ3v) is 5.11. The van der Waals surface area contributed by atoms with Crippen molar-refractivity contribution in [3.05, 3.63) is 65.5 Å². The van der Waals surface area contributed by atoms with E-state index in [1.54, 1.807) is 12.1 Å². The molecule has 1 aliphatic heterocycles. The number of aliphatic imine (C=N–C) groups is 1. The van der Waals surface area contributed by atoms with Gasteiger partial charge in [0, 0.05) is 44.8 Å². The Bertz CT molecular complexity index is 882. The number of nitrogens with zero attached hydrogens (tertiary/aromatic N) is 2. The highest BCUT2D eigenvalue weighted by molar-refractivity contribution is 5.90. The first-order valence-corrected chi connectivity index (χ1v) is 11.1. The molecule has 32 heavy (non-hydrogen) atoms. The number of hydrogen-bond acceptors (Lipinski definition) is 4. The van der Waals surface area contributed by atoms with Crippen LogP contribution in [0.3, 0.4) is 0 Å². The minimum absolute atomic E-state index is 0.00597. The summed E-state index contributed by atoms with van der Waals surface area (Å²) in [6.07, 6.45) is 0.459. The molecule has 1 amide bonds. The summed E-state index contributed by atoms with van der Waals surface area (Å²) < 4.78 is 18.4. The molecular weight excluding hydrogens is 409 g/mol. The third-order valence-electron chi connectivity index (χ3n) is 5.11. The van der Waals surface area contributed by atoms with Gasteiger partial charge in [-0.1, -0.05) is 24.3 Å². The molecule has 0 unspecified atom stereocenters. The van der Waals surface area contributed by atoms with Gasteiger partial charge in [0.05, 0.1) is 19.8 Å². The van der Waals surface area contributed by atoms with E-state index in [1.807, 2.05) is 31.2 Å². The van der Waals surface area contributed by atoms with Crippen LogP contribution in [0.25, 0.3) is 0 Å². The first-order valence-electron chi connectivity index (χ1n) is 11.1. The van der Waals surface area contributed by atoms with Crippen molar-refractivity contribution < 1.29 is 13.9 Å². The Hall–Kier alpha value is -2.97. The molecule has 0 radical (unpaired) electrons. The van der Waals surface area contributed by atoms with E-state index in [0.717, 1.165) is 56.2 Å². The summed E-state index contributed by atoms with van der Waals surface area (Å²) in [5, 5.41) is 9.44. The van der Waals surface area contributed by atoms with Crippen LogP contribution < -0.4 is 16.0 Å². The zero-order chi connectivity index (χ0) is 22.6. The van der Waals surface area contributed by atoms with Crippen molar-refractivity contribution in [3.8, 4) is 0 Å². The summed E-state index contributed by atoms with van der Waals surface area (Å²) in [6, 6.07) is 14.1. The molecule has 0 aromatic heterocycles. The molecule has 2 aromatic carbocycles. The SMILES string of the molecule is CCNC(=NCc1cccc(NC(=O)CCN2CCOCC2)c1)NCc1ccc(F)cc1. The van der Waals surface area contributed by atoms with Gasteiger partial charge in [-0.15, -0.1) is 0 Å². The quantitative estimate of drug-likeness (QED) is 0.412. The molecule has 2 aromatic rings. The van der Waals surface area contributed by atoms with Crippen LogP contribution in [0.5, 0.6) is 0 Å². The topological polar surface area (TPSA) is 78.0 Å². The highest BCUT2D eigenvalue weighted by Crippen LogP contribution is 2.12. The number of anilines is 1. The number of ether oxygens (including phenoxy) is 1. The maximum absolute atomic E-state index is 13.1. The average Bonchev–Trinajstić information content (AvgIpc) is 2.81. The van der Waals surface area contributed by atoms with Crippen molar-refractivity contribution >= 4 is 17.6 Å². The zero-order valence-electron chi connectivity index (χ0n) is 18.6. The standard InChI is InChI=1S/C24H32FN5O2/c1-2-26-24(27-17-19-6-8-21(25)9-7-19)28-18-20-4-3-5-22(16-20)29-23(31)10-11-30-12-14-32-15-13-30/h3-9,16H,2,10-15,17-18H2,1H3,(H,29,31)(H2,26,27,28). The molecule has 3 N–H and O–H groups in total. The second-order valence-corrected chi connectivity index (χ2v) is 7.63. The molecule has 0 aliphatic carbocycles. The molecule has 0 bridgehead atoms. The maximum Gasteiger partial charge on any atom is 0.225 e. The Morgan fingerprint density at radius 1 is 1.09 bits per heavy atom. The average molecular weight is 442 g/mol. The Balaban J connectivity index is 1.50. The molecule has 1 heterocycles. The van der Waals surface area contributed by atoms with Crippen molar-refractivity contribution in [1.82, 2.24) is 15.5 Å². The third kappa shape index (κ3) is 8.28. The number of benzene rings is 2. The molecule has 7 nitrogen and oxygen atoms in total. The number of hydrogen-bond donors (Lipinski definition) is 3. The maximum atomic E-state index is 13.1. The normalized spacial score (nSPS) is 14.8. The predicted molar refractivity (Wildman–Crippen MR) is 125 cm³/mol. The van der Waals surface area contributed by atoms with Crippen LogP contribution >= 0.6 is 0 Å². The highest BCUT2D eigenvalue weighted by Gasteiger charge is 2.12. The van der Waals surface area contributed by atoms with Gasteiger partial charge < -0.3 is 20.7 Å². The molecule has 0 saturated carbocycles. The number of halogens is 1. The molecule has 1 saturated heterocycles. The van der Waals surface area contributed by atoms with E-state index in [-0.39, 0.29) is 11.7 Å². The molecule has 8 heteroatoms. The molecule has 1 aliphatic rings. The van der Waals surface area contributed by atoms with Crippen molar-refractivity contribution in [2.75, 3.05) is 44.7 Å². The van der Waals surface area contributed by atoms with Crippen molar-refractivity contribution in [3.63, 3.8) is 0 Å². The molecule has 0 spiro atoms. The van der Waals surface area contributed by atoms with Crippen LogP contribution in [-0.4, -0.2) is 56.2 Å². The number of carbonyl (C=O) groups excluding carboxylic acids is 1. The van der Waals surface area contributed by atoms with Crippen LogP contribution in [0.15, 0.2) is 53.5 Å². The second kappa shape index (κ2) is 12.8. The molecule has 172 valence electrons. The van der Waals surface area contributed by atoms with Gasteiger partial charge in [0.15, 0.2) is 5.96 Å². The van der Waals surface area contributed by atoms with Gasteiger partial charge in [-0.3, -0.25) is 9.69 Å². The van der Waals surface area contributed by atoms with Gasteiger partial charge in [0.2, 0.25) is 5.91 Å². The summed E-state index contributed by atoms with van der Waals surface area (Å²) >= 11 is 0. The van der Waals surface area contributed by atoms with Gasteiger partial charge in [0.25, 0.3) is 0 Å². The summed E-state index contributed by atoms with van der Waals surface area (Å²) in [5.74, 6) is 0.436. The zero-order valence-corrected chi connectivity index (χ0v) is 18.6. The Morgan fingerprint density at radius 3 is 2.62 bits per heavy atom. The van der Waals surface area contributed by atoms with Gasteiger partial charge in [-0.05, 0) is 42.3 Å². The smallest absolute Gasteiger partial charge is 0.225 e. The van der Waals surface area contributed by atoms with Gasteiger partial charge in [-0.25, -0.2) is 9.38 Å². The summed E-state index contributed by atoms with van der Waals surface area (Å²) in [4.78, 5) is 19.2. The first kappa shape index (κ1) is 23.7. The molecule has 1 fully saturated rings. The molecular formula is C24H32FN5O2. The van der Waals surface area contributed by atoms with E-state index in [9.17, 15) is 9.18 Å². The minimum Gasteiger partial charge on any atom is -0.379 e. The number of carbonyl (C=O) groups is 1. The van der Waals surface area contributed by atoms with Crippen molar-refractivity contribution in [2.24, 2.45) is 4.99 Å². The van der Waals surface area contributed by atoms with Gasteiger partial charge in [0.1, 0.15) is 5.82 Å². The van der Waals surface area contributed by atoms with Gasteiger partial charge in [-0.2, -0.15) is 0 Å². The Kier molecular flexibility index (Phi) is 9.46. The van der Waals surface area contributed by atoms with E-state index in [2.05, 4.69) is 25.8 Å². The van der Waals surface area contributed by atoms with Crippen molar-refractivity contribution in [1.29, 1.82) is 0 Å². The second-order valence-electron chi connectivity index (χ2n) is 7.63. The van der Waals surface area contributed by atoms with E-state index in [1.165, 1.54) is 12.1 Å². The number of morpholine rings is 1. The molecule has 3 rings (SSSR count). The van der Waals surface area contributed by atoms with E-state index >= 15 is 0 Å². The Morgan fingerprint density at radius 2 is 1.88 bits per heavy atom. The lowest BCUT2D eigenvalue weighted by Crippen LogP contribution is -2.38. The fourth-order valence-electron chi connectivity index (χ4n) is 3.36. The largest absolute Gasteiger partial charge is 0.379 e. The minimum atomic E-state index is -0.248. The fraction of sp³-hybridized carbons (Fsp3) is 0.417. The van der Waals surface area contributed by atoms with Crippen molar-refractivity contribution in [2.45, 2.75) is 26.4 Å². The number of nitrogens with one attached hydrogen (secondary N) is 3. The lowest BCUT2D eigenvalue weighted by Gasteiger charge is -2.26. The van der Waals surface area contributed by atoms with Crippen LogP contribution in [0.2, 0.25) is 0 Å².